The number of amides is 1. The first-order valence-electron chi connectivity index (χ1n) is 5.37. The Morgan fingerprint density at radius 2 is 1.47 bits per heavy atom. The normalized spacial score (nSPS) is 11.1. The molecule has 0 aliphatic heterocycles. The largest absolute Gasteiger partial charge is 0.366 e. The van der Waals surface area contributed by atoms with E-state index < -0.39 is 0 Å². The Labute approximate surface area is 91.5 Å². The topological polar surface area (TPSA) is 43.1 Å². The Kier molecular flexibility index (Phi) is 3.51. The van der Waals surface area contributed by atoms with Gasteiger partial charge in [-0.05, 0) is 23.0 Å². The molecule has 1 aromatic carbocycles. The summed E-state index contributed by atoms with van der Waals surface area (Å²) in [5, 5.41) is 0. The van der Waals surface area contributed by atoms with Crippen molar-refractivity contribution >= 4 is 5.91 Å². The lowest BCUT2D eigenvalue weighted by Crippen LogP contribution is -2.17. The third-order valence-electron chi connectivity index (χ3n) is 2.62. The van der Waals surface area contributed by atoms with Crippen LogP contribution in [0, 0.1) is 0 Å². The van der Waals surface area contributed by atoms with Crippen molar-refractivity contribution in [3.63, 3.8) is 0 Å². The average Bonchev–Trinajstić information content (AvgIpc) is 2.16. The fourth-order valence-corrected chi connectivity index (χ4v) is 1.84. The van der Waals surface area contributed by atoms with Crippen molar-refractivity contribution in [2.45, 2.75) is 39.5 Å². The number of nitrogens with two attached hydrogens (primary N) is 1. The van der Waals surface area contributed by atoms with Crippen LogP contribution in [0.1, 0.15) is 61.0 Å². The molecule has 0 fully saturated rings. The molecule has 0 bridgehead atoms. The minimum absolute atomic E-state index is 0.317. The average molecular weight is 205 g/mol. The van der Waals surface area contributed by atoms with E-state index >= 15 is 0 Å². The molecular formula is C13H19NO. The second kappa shape index (κ2) is 4.47. The van der Waals surface area contributed by atoms with Gasteiger partial charge in [0.15, 0.2) is 0 Å². The third kappa shape index (κ3) is 2.38. The Morgan fingerprint density at radius 3 is 1.73 bits per heavy atom. The predicted octanol–water partition coefficient (Wildman–Crippen LogP) is 3.03. The Morgan fingerprint density at radius 1 is 1.07 bits per heavy atom. The lowest BCUT2D eigenvalue weighted by molar-refractivity contribution is 0.0998. The molecule has 2 nitrogen and oxygen atoms in total. The van der Waals surface area contributed by atoms with Gasteiger partial charge in [-0.3, -0.25) is 4.79 Å². The van der Waals surface area contributed by atoms with E-state index in [9.17, 15) is 4.79 Å². The van der Waals surface area contributed by atoms with E-state index in [1.165, 1.54) is 0 Å². The van der Waals surface area contributed by atoms with Crippen LogP contribution in [0.2, 0.25) is 0 Å². The summed E-state index contributed by atoms with van der Waals surface area (Å²) >= 11 is 0. The number of hydrogen-bond acceptors (Lipinski definition) is 1. The SMILES string of the molecule is CC(C)c1cccc(C(C)C)c1C(N)=O. The Balaban J connectivity index is 3.42. The quantitative estimate of drug-likeness (QED) is 0.809. The molecule has 2 heteroatoms. The molecule has 1 rings (SSSR count). The Bertz CT molecular complexity index is 341. The van der Waals surface area contributed by atoms with Gasteiger partial charge in [0.25, 0.3) is 0 Å². The molecule has 0 saturated carbocycles. The van der Waals surface area contributed by atoms with Crippen molar-refractivity contribution in [3.05, 3.63) is 34.9 Å². The summed E-state index contributed by atoms with van der Waals surface area (Å²) in [6.45, 7) is 8.30. The number of hydrogen-bond donors (Lipinski definition) is 1. The Hall–Kier alpha value is -1.31. The molecule has 0 saturated heterocycles. The monoisotopic (exact) mass is 205 g/mol. The third-order valence-corrected chi connectivity index (χ3v) is 2.62. The molecule has 1 aromatic rings. The fraction of sp³-hybridized carbons (Fsp3) is 0.462. The minimum Gasteiger partial charge on any atom is -0.366 e. The maximum atomic E-state index is 11.5. The maximum Gasteiger partial charge on any atom is 0.249 e. The number of rotatable bonds is 3. The van der Waals surface area contributed by atoms with Gasteiger partial charge in [0.05, 0.1) is 0 Å². The van der Waals surface area contributed by atoms with Gasteiger partial charge in [-0.2, -0.15) is 0 Å². The van der Waals surface area contributed by atoms with E-state index in [0.29, 0.717) is 17.4 Å². The second-order valence-electron chi connectivity index (χ2n) is 4.49. The van der Waals surface area contributed by atoms with E-state index in [-0.39, 0.29) is 5.91 Å². The van der Waals surface area contributed by atoms with Gasteiger partial charge in [-0.1, -0.05) is 45.9 Å². The van der Waals surface area contributed by atoms with Gasteiger partial charge in [0.2, 0.25) is 5.91 Å². The standard InChI is InChI=1S/C13H19NO/c1-8(2)10-6-5-7-11(9(3)4)12(10)13(14)15/h5-9H,1-4H3,(H2,14,15). The highest BCUT2D eigenvalue weighted by Crippen LogP contribution is 2.26. The summed E-state index contributed by atoms with van der Waals surface area (Å²) in [6.07, 6.45) is 0. The molecule has 0 aliphatic rings. The van der Waals surface area contributed by atoms with Crippen LogP contribution in [0.15, 0.2) is 18.2 Å². The van der Waals surface area contributed by atoms with Crippen LogP contribution < -0.4 is 5.73 Å². The molecule has 1 amide bonds. The molecule has 0 spiro atoms. The highest BCUT2D eigenvalue weighted by Gasteiger charge is 2.17. The summed E-state index contributed by atoms with van der Waals surface area (Å²) in [5.74, 6) is 0.334. The molecule has 0 aliphatic carbocycles. The van der Waals surface area contributed by atoms with Crippen LogP contribution in [0.4, 0.5) is 0 Å². The van der Waals surface area contributed by atoms with Crippen LogP contribution in [0.5, 0.6) is 0 Å². The molecule has 0 heterocycles. The van der Waals surface area contributed by atoms with Gasteiger partial charge < -0.3 is 5.73 Å². The maximum absolute atomic E-state index is 11.5. The first kappa shape index (κ1) is 11.8. The zero-order valence-electron chi connectivity index (χ0n) is 9.87. The van der Waals surface area contributed by atoms with Gasteiger partial charge in [-0.15, -0.1) is 0 Å². The summed E-state index contributed by atoms with van der Waals surface area (Å²) in [7, 11) is 0. The van der Waals surface area contributed by atoms with Crippen molar-refractivity contribution in [2.75, 3.05) is 0 Å². The first-order chi connectivity index (χ1) is 6.95. The molecule has 15 heavy (non-hydrogen) atoms. The van der Waals surface area contributed by atoms with Crippen molar-refractivity contribution < 1.29 is 4.79 Å². The molecule has 0 radical (unpaired) electrons. The lowest BCUT2D eigenvalue weighted by atomic mass is 9.88. The molecule has 0 aromatic heterocycles. The van der Waals surface area contributed by atoms with Gasteiger partial charge in [0.1, 0.15) is 0 Å². The first-order valence-corrected chi connectivity index (χ1v) is 5.37. The number of primary amides is 1. The van der Waals surface area contributed by atoms with Crippen LogP contribution in [0.3, 0.4) is 0 Å². The highest BCUT2D eigenvalue weighted by atomic mass is 16.1. The lowest BCUT2D eigenvalue weighted by Gasteiger charge is -2.16. The summed E-state index contributed by atoms with van der Waals surface area (Å²) < 4.78 is 0. The van der Waals surface area contributed by atoms with Crippen LogP contribution in [-0.4, -0.2) is 5.91 Å². The van der Waals surface area contributed by atoms with Gasteiger partial charge >= 0.3 is 0 Å². The molecule has 0 atom stereocenters. The molecule has 0 unspecified atom stereocenters. The van der Waals surface area contributed by atoms with Crippen molar-refractivity contribution in [3.8, 4) is 0 Å². The number of carbonyl (C=O) groups is 1. The van der Waals surface area contributed by atoms with Gasteiger partial charge in [-0.25, -0.2) is 0 Å². The second-order valence-corrected chi connectivity index (χ2v) is 4.49. The fourth-order valence-electron chi connectivity index (χ4n) is 1.84. The summed E-state index contributed by atoms with van der Waals surface area (Å²) in [6, 6.07) is 5.96. The smallest absolute Gasteiger partial charge is 0.249 e. The zero-order chi connectivity index (χ0) is 11.6. The van der Waals surface area contributed by atoms with Crippen LogP contribution in [0.25, 0.3) is 0 Å². The minimum atomic E-state index is -0.317. The number of benzene rings is 1. The molecule has 82 valence electrons. The van der Waals surface area contributed by atoms with Crippen molar-refractivity contribution in [1.82, 2.24) is 0 Å². The zero-order valence-corrected chi connectivity index (χ0v) is 9.87. The summed E-state index contributed by atoms with van der Waals surface area (Å²) in [4.78, 5) is 11.5. The predicted molar refractivity (Wildman–Crippen MR) is 63.1 cm³/mol. The van der Waals surface area contributed by atoms with Crippen LogP contribution in [-0.2, 0) is 0 Å². The number of carbonyl (C=O) groups excluding carboxylic acids is 1. The van der Waals surface area contributed by atoms with E-state index in [4.69, 9.17) is 5.73 Å². The highest BCUT2D eigenvalue weighted by molar-refractivity contribution is 5.96. The van der Waals surface area contributed by atoms with Crippen molar-refractivity contribution in [2.24, 2.45) is 5.73 Å². The van der Waals surface area contributed by atoms with Gasteiger partial charge in [0, 0.05) is 5.56 Å². The van der Waals surface area contributed by atoms with E-state index in [0.717, 1.165) is 11.1 Å². The van der Waals surface area contributed by atoms with E-state index in [1.807, 2.05) is 18.2 Å². The van der Waals surface area contributed by atoms with Crippen LogP contribution >= 0.6 is 0 Å². The summed E-state index contributed by atoms with van der Waals surface area (Å²) in [5.41, 5.74) is 8.26. The molecular weight excluding hydrogens is 186 g/mol. The van der Waals surface area contributed by atoms with E-state index in [1.54, 1.807) is 0 Å². The van der Waals surface area contributed by atoms with Crippen molar-refractivity contribution in [1.29, 1.82) is 0 Å². The molecule has 2 N–H and O–H groups in total. The van der Waals surface area contributed by atoms with E-state index in [2.05, 4.69) is 27.7 Å².